The van der Waals surface area contributed by atoms with Crippen molar-refractivity contribution in [3.8, 4) is 0 Å². The molecule has 11 heteroatoms. The molecule has 0 radical (unpaired) electrons. The molecule has 1 aliphatic rings. The molecule has 1 aromatic carbocycles. The van der Waals surface area contributed by atoms with Gasteiger partial charge in [-0.3, -0.25) is 4.57 Å². The van der Waals surface area contributed by atoms with Gasteiger partial charge in [0, 0.05) is 39.2 Å². The maximum absolute atomic E-state index is 13.0. The zero-order chi connectivity index (χ0) is 19.9. The van der Waals surface area contributed by atoms with Crippen LogP contribution < -0.4 is 5.76 Å². The van der Waals surface area contributed by atoms with Gasteiger partial charge in [0.1, 0.15) is 0 Å². The van der Waals surface area contributed by atoms with Crippen molar-refractivity contribution in [3.05, 3.63) is 40.5 Å². The quantitative estimate of drug-likeness (QED) is 0.606. The smallest absolute Gasteiger partial charge is 0.408 e. The lowest BCUT2D eigenvalue weighted by Crippen LogP contribution is -2.48. The third-order valence-electron chi connectivity index (χ3n) is 4.93. The van der Waals surface area contributed by atoms with Crippen LogP contribution in [0, 0.1) is 6.92 Å². The lowest BCUT2D eigenvalue weighted by Gasteiger charge is -2.33. The van der Waals surface area contributed by atoms with Crippen LogP contribution in [-0.2, 0) is 16.6 Å². The van der Waals surface area contributed by atoms with Gasteiger partial charge in [-0.25, -0.2) is 13.2 Å². The number of fused-ring (bicyclic) bond motifs is 1. The van der Waals surface area contributed by atoms with Crippen LogP contribution in [0.4, 0.5) is 0 Å². The summed E-state index contributed by atoms with van der Waals surface area (Å²) in [4.78, 5) is 18.6. The Morgan fingerprint density at radius 1 is 1.18 bits per heavy atom. The minimum absolute atomic E-state index is 0.0776. The second-order valence-corrected chi connectivity index (χ2v) is 8.59. The van der Waals surface area contributed by atoms with E-state index in [9.17, 15) is 13.2 Å². The van der Waals surface area contributed by atoms with Gasteiger partial charge in [0.2, 0.25) is 15.9 Å². The third kappa shape index (κ3) is 3.36. The maximum Gasteiger partial charge on any atom is 0.420 e. The number of rotatable bonds is 5. The highest BCUT2D eigenvalue weighted by Crippen LogP contribution is 2.23. The van der Waals surface area contributed by atoms with Crippen LogP contribution in [0.1, 0.15) is 18.6 Å². The average molecular weight is 407 g/mol. The van der Waals surface area contributed by atoms with E-state index in [1.807, 2.05) is 0 Å². The molecule has 150 valence electrons. The van der Waals surface area contributed by atoms with Crippen molar-refractivity contribution >= 4 is 21.1 Å². The molecule has 2 aromatic heterocycles. The van der Waals surface area contributed by atoms with Gasteiger partial charge in [0.25, 0.3) is 0 Å². The Labute approximate surface area is 161 Å². The third-order valence-corrected chi connectivity index (χ3v) is 6.82. The number of nitrogens with zero attached hydrogens (tertiary/aromatic N) is 5. The van der Waals surface area contributed by atoms with E-state index in [2.05, 4.69) is 22.0 Å². The molecule has 0 amide bonds. The molecule has 4 rings (SSSR count). The Morgan fingerprint density at radius 2 is 1.93 bits per heavy atom. The van der Waals surface area contributed by atoms with Crippen molar-refractivity contribution in [2.45, 2.75) is 25.3 Å². The fourth-order valence-corrected chi connectivity index (χ4v) is 4.78. The highest BCUT2D eigenvalue weighted by Gasteiger charge is 2.28. The number of oxazole rings is 1. The Morgan fingerprint density at radius 3 is 2.57 bits per heavy atom. The second kappa shape index (κ2) is 7.15. The molecule has 10 nitrogen and oxygen atoms in total. The topological polar surface area (TPSA) is 115 Å². The Bertz CT molecular complexity index is 1150. The molecule has 3 heterocycles. The average Bonchev–Trinajstić information content (AvgIpc) is 3.24. The number of aryl methyl sites for hydroxylation is 1. The summed E-state index contributed by atoms with van der Waals surface area (Å²) in [5, 5.41) is 3.78. The van der Waals surface area contributed by atoms with E-state index in [0.29, 0.717) is 43.4 Å². The summed E-state index contributed by atoms with van der Waals surface area (Å²) in [6.45, 7) is 6.98. The Kier molecular flexibility index (Phi) is 4.81. The van der Waals surface area contributed by atoms with Gasteiger partial charge in [0.15, 0.2) is 11.4 Å². The first-order valence-corrected chi connectivity index (χ1v) is 10.5. The first kappa shape index (κ1) is 18.8. The number of aromatic nitrogens is 3. The summed E-state index contributed by atoms with van der Waals surface area (Å²) in [5.41, 5.74) is 0.681. The van der Waals surface area contributed by atoms with Gasteiger partial charge >= 0.3 is 5.76 Å². The summed E-state index contributed by atoms with van der Waals surface area (Å²) in [6.07, 6.45) is 0. The first-order chi connectivity index (χ1) is 13.4. The predicted molar refractivity (Wildman–Crippen MR) is 99.5 cm³/mol. The normalized spacial score (nSPS) is 16.8. The summed E-state index contributed by atoms with van der Waals surface area (Å²) < 4.78 is 38.9. The molecule has 0 atom stereocenters. The Balaban J connectivity index is 1.64. The summed E-state index contributed by atoms with van der Waals surface area (Å²) in [5.74, 6) is 0.128. The van der Waals surface area contributed by atoms with E-state index >= 15 is 0 Å². The molecule has 3 aromatic rings. The van der Waals surface area contributed by atoms with Crippen LogP contribution >= 0.6 is 0 Å². The van der Waals surface area contributed by atoms with Crippen LogP contribution in [0.5, 0.6) is 0 Å². The Hall–Kier alpha value is -2.50. The molecule has 0 saturated carbocycles. The molecular formula is C17H21N5O5S. The van der Waals surface area contributed by atoms with E-state index in [1.165, 1.54) is 21.0 Å². The van der Waals surface area contributed by atoms with Crippen LogP contribution in [0.2, 0.25) is 0 Å². The van der Waals surface area contributed by atoms with Gasteiger partial charge in [-0.1, -0.05) is 12.1 Å². The van der Waals surface area contributed by atoms with E-state index in [1.54, 1.807) is 13.0 Å². The van der Waals surface area contributed by atoms with Gasteiger partial charge in [0.05, 0.1) is 17.0 Å². The number of hydrogen-bond donors (Lipinski definition) is 0. The van der Waals surface area contributed by atoms with Crippen LogP contribution in [0.25, 0.3) is 11.1 Å². The molecule has 28 heavy (non-hydrogen) atoms. The minimum atomic E-state index is -3.65. The first-order valence-electron chi connectivity index (χ1n) is 9.03. The van der Waals surface area contributed by atoms with Crippen molar-refractivity contribution in [3.63, 3.8) is 0 Å². The van der Waals surface area contributed by atoms with E-state index in [0.717, 1.165) is 6.54 Å². The molecule has 0 unspecified atom stereocenters. The predicted octanol–water partition coefficient (Wildman–Crippen LogP) is 0.660. The lowest BCUT2D eigenvalue weighted by molar-refractivity contribution is 0.196. The number of sulfonamides is 1. The molecule has 0 N–H and O–H groups in total. The van der Waals surface area contributed by atoms with Gasteiger partial charge in [-0.15, -0.1) is 0 Å². The molecule has 1 fully saturated rings. The fourth-order valence-electron chi connectivity index (χ4n) is 3.34. The summed E-state index contributed by atoms with van der Waals surface area (Å²) in [6, 6.07) is 4.47. The van der Waals surface area contributed by atoms with E-state index in [-0.39, 0.29) is 17.0 Å². The molecule has 1 saturated heterocycles. The minimum Gasteiger partial charge on any atom is -0.408 e. The van der Waals surface area contributed by atoms with Crippen LogP contribution in [0.3, 0.4) is 0 Å². The van der Waals surface area contributed by atoms with Crippen molar-refractivity contribution in [2.24, 2.45) is 0 Å². The van der Waals surface area contributed by atoms with E-state index < -0.39 is 15.8 Å². The SMILES string of the molecule is CCN1CCN(S(=O)(=O)c2ccc3c(c2)oc(=O)n3Cc2noc(C)n2)CC1. The highest BCUT2D eigenvalue weighted by molar-refractivity contribution is 7.89. The number of piperazine rings is 1. The monoisotopic (exact) mass is 407 g/mol. The largest absolute Gasteiger partial charge is 0.420 e. The van der Waals surface area contributed by atoms with Crippen LogP contribution in [0.15, 0.2) is 36.8 Å². The molecular weight excluding hydrogens is 386 g/mol. The second-order valence-electron chi connectivity index (χ2n) is 6.65. The number of benzene rings is 1. The zero-order valence-corrected chi connectivity index (χ0v) is 16.5. The zero-order valence-electron chi connectivity index (χ0n) is 15.7. The summed E-state index contributed by atoms with van der Waals surface area (Å²) >= 11 is 0. The molecule has 1 aliphatic heterocycles. The van der Waals surface area contributed by atoms with Gasteiger partial charge < -0.3 is 13.8 Å². The number of likely N-dealkylation sites (N-methyl/N-ethyl adjacent to an activating group) is 1. The van der Waals surface area contributed by atoms with Gasteiger partial charge in [-0.05, 0) is 18.7 Å². The van der Waals surface area contributed by atoms with Crippen molar-refractivity contribution in [1.29, 1.82) is 0 Å². The van der Waals surface area contributed by atoms with Crippen molar-refractivity contribution in [1.82, 2.24) is 23.9 Å². The fraction of sp³-hybridized carbons (Fsp3) is 0.471. The van der Waals surface area contributed by atoms with Crippen molar-refractivity contribution in [2.75, 3.05) is 32.7 Å². The number of hydrogen-bond acceptors (Lipinski definition) is 8. The lowest BCUT2D eigenvalue weighted by atomic mass is 10.3. The van der Waals surface area contributed by atoms with Crippen molar-refractivity contribution < 1.29 is 17.4 Å². The summed E-state index contributed by atoms with van der Waals surface area (Å²) in [7, 11) is -3.65. The standard InChI is InChI=1S/C17H21N5O5S/c1-3-20-6-8-21(9-7-20)28(24,25)13-4-5-14-15(10-13)26-17(23)22(14)11-16-18-12(2)27-19-16/h4-5,10H,3,6-9,11H2,1-2H3. The molecule has 0 spiro atoms. The maximum atomic E-state index is 13.0. The van der Waals surface area contributed by atoms with E-state index in [4.69, 9.17) is 8.94 Å². The van der Waals surface area contributed by atoms with Gasteiger partial charge in [-0.2, -0.15) is 9.29 Å². The highest BCUT2D eigenvalue weighted by atomic mass is 32.2. The molecule has 0 aliphatic carbocycles. The van der Waals surface area contributed by atoms with Crippen LogP contribution in [-0.4, -0.2) is 65.1 Å². The molecule has 0 bridgehead atoms.